The predicted molar refractivity (Wildman–Crippen MR) is 79.6 cm³/mol. The van der Waals surface area contributed by atoms with Gasteiger partial charge in [-0.3, -0.25) is 9.59 Å². The van der Waals surface area contributed by atoms with Crippen LogP contribution < -0.4 is 5.32 Å². The molecule has 1 fully saturated rings. The van der Waals surface area contributed by atoms with E-state index in [1.54, 1.807) is 12.1 Å². The monoisotopic (exact) mass is 273 g/mol. The molecule has 108 valence electrons. The van der Waals surface area contributed by atoms with Crippen LogP contribution in [0.2, 0.25) is 0 Å². The molecule has 1 aromatic rings. The van der Waals surface area contributed by atoms with Crippen molar-refractivity contribution >= 4 is 11.7 Å². The zero-order chi connectivity index (χ0) is 14.2. The summed E-state index contributed by atoms with van der Waals surface area (Å²) in [6.45, 7) is 0.110. The SMILES string of the molecule is O=C(CNC(=O)C1CCCCCCC1)c1ccccc1. The summed E-state index contributed by atoms with van der Waals surface area (Å²) in [5.41, 5.74) is 0.658. The van der Waals surface area contributed by atoms with Crippen molar-refractivity contribution in [1.29, 1.82) is 0 Å². The van der Waals surface area contributed by atoms with Crippen molar-refractivity contribution < 1.29 is 9.59 Å². The zero-order valence-corrected chi connectivity index (χ0v) is 11.9. The maximum atomic E-state index is 12.1. The molecule has 0 radical (unpaired) electrons. The second kappa shape index (κ2) is 7.83. The number of carbonyl (C=O) groups excluding carboxylic acids is 2. The number of hydrogen-bond acceptors (Lipinski definition) is 2. The lowest BCUT2D eigenvalue weighted by Gasteiger charge is -2.18. The largest absolute Gasteiger partial charge is 0.348 e. The first-order chi connectivity index (χ1) is 9.77. The Morgan fingerprint density at radius 1 is 0.950 bits per heavy atom. The number of Topliss-reactive ketones (excluding diaryl/α,β-unsaturated/α-hetero) is 1. The van der Waals surface area contributed by atoms with Gasteiger partial charge in [0, 0.05) is 11.5 Å². The lowest BCUT2D eigenvalue weighted by atomic mass is 9.90. The Bertz CT molecular complexity index is 434. The fraction of sp³-hybridized carbons (Fsp3) is 0.529. The quantitative estimate of drug-likeness (QED) is 0.855. The third kappa shape index (κ3) is 4.48. The van der Waals surface area contributed by atoms with Crippen LogP contribution in [0.3, 0.4) is 0 Å². The Morgan fingerprint density at radius 3 is 2.20 bits per heavy atom. The summed E-state index contributed by atoms with van der Waals surface area (Å²) in [4.78, 5) is 24.1. The summed E-state index contributed by atoms with van der Waals surface area (Å²) in [5, 5.41) is 2.81. The van der Waals surface area contributed by atoms with Crippen molar-refractivity contribution in [3.8, 4) is 0 Å². The van der Waals surface area contributed by atoms with Gasteiger partial charge in [0.15, 0.2) is 5.78 Å². The summed E-state index contributed by atoms with van der Waals surface area (Å²) in [7, 11) is 0. The van der Waals surface area contributed by atoms with Crippen molar-refractivity contribution in [3.63, 3.8) is 0 Å². The highest BCUT2D eigenvalue weighted by atomic mass is 16.2. The molecule has 1 saturated carbocycles. The van der Waals surface area contributed by atoms with Crippen LogP contribution in [0.5, 0.6) is 0 Å². The van der Waals surface area contributed by atoms with Crippen molar-refractivity contribution in [2.24, 2.45) is 5.92 Å². The average Bonchev–Trinajstić information content (AvgIpc) is 2.45. The van der Waals surface area contributed by atoms with Gasteiger partial charge in [0.2, 0.25) is 5.91 Å². The van der Waals surface area contributed by atoms with Crippen LogP contribution in [-0.2, 0) is 4.79 Å². The highest BCUT2D eigenvalue weighted by molar-refractivity contribution is 5.99. The van der Waals surface area contributed by atoms with Crippen molar-refractivity contribution in [1.82, 2.24) is 5.32 Å². The van der Waals surface area contributed by atoms with Crippen LogP contribution in [0, 0.1) is 5.92 Å². The molecule has 0 heterocycles. The van der Waals surface area contributed by atoms with Crippen LogP contribution in [0.25, 0.3) is 0 Å². The van der Waals surface area contributed by atoms with E-state index in [0.717, 1.165) is 25.7 Å². The first kappa shape index (κ1) is 14.8. The van der Waals surface area contributed by atoms with Gasteiger partial charge in [-0.05, 0) is 12.8 Å². The minimum Gasteiger partial charge on any atom is -0.348 e. The van der Waals surface area contributed by atoms with Crippen molar-refractivity contribution in [2.75, 3.05) is 6.54 Å². The van der Waals surface area contributed by atoms with Crippen molar-refractivity contribution in [2.45, 2.75) is 44.9 Å². The third-order valence-electron chi connectivity index (χ3n) is 3.99. The molecule has 20 heavy (non-hydrogen) atoms. The van der Waals surface area contributed by atoms with Gasteiger partial charge in [-0.2, -0.15) is 0 Å². The van der Waals surface area contributed by atoms with Gasteiger partial charge in [-0.25, -0.2) is 0 Å². The van der Waals surface area contributed by atoms with Crippen LogP contribution in [0.1, 0.15) is 55.3 Å². The van der Waals surface area contributed by atoms with Gasteiger partial charge in [-0.15, -0.1) is 0 Å². The van der Waals surface area contributed by atoms with Gasteiger partial charge < -0.3 is 5.32 Å². The smallest absolute Gasteiger partial charge is 0.223 e. The normalized spacial score (nSPS) is 17.0. The van der Waals surface area contributed by atoms with Crippen LogP contribution in [0.15, 0.2) is 30.3 Å². The Kier molecular flexibility index (Phi) is 5.78. The maximum Gasteiger partial charge on any atom is 0.223 e. The second-order valence-electron chi connectivity index (χ2n) is 5.55. The standard InChI is InChI=1S/C17H23NO2/c19-16(14-9-7-4-8-10-14)13-18-17(20)15-11-5-2-1-3-6-12-15/h4,7-10,15H,1-3,5-6,11-13H2,(H,18,20). The van der Waals surface area contributed by atoms with E-state index in [0.29, 0.717) is 5.56 Å². The molecule has 1 amide bonds. The molecule has 3 heteroatoms. The van der Waals surface area contributed by atoms with Gasteiger partial charge >= 0.3 is 0 Å². The van der Waals surface area contributed by atoms with E-state index in [9.17, 15) is 9.59 Å². The number of ketones is 1. The minimum atomic E-state index is -0.0233. The lowest BCUT2D eigenvalue weighted by molar-refractivity contribution is -0.125. The Hall–Kier alpha value is -1.64. The molecule has 0 saturated heterocycles. The Labute approximate surface area is 120 Å². The molecule has 0 unspecified atom stereocenters. The van der Waals surface area contributed by atoms with Crippen LogP contribution in [0.4, 0.5) is 0 Å². The van der Waals surface area contributed by atoms with E-state index in [1.165, 1.54) is 19.3 Å². The number of benzene rings is 1. The molecule has 2 rings (SSSR count). The van der Waals surface area contributed by atoms with Gasteiger partial charge in [-0.1, -0.05) is 62.4 Å². The summed E-state index contributed by atoms with van der Waals surface area (Å²) in [6.07, 6.45) is 7.94. The topological polar surface area (TPSA) is 46.2 Å². The van der Waals surface area contributed by atoms with E-state index in [-0.39, 0.29) is 24.2 Å². The number of nitrogens with one attached hydrogen (secondary N) is 1. The molecule has 1 aliphatic carbocycles. The highest BCUT2D eigenvalue weighted by Gasteiger charge is 2.19. The molecule has 3 nitrogen and oxygen atoms in total. The second-order valence-corrected chi connectivity index (χ2v) is 5.55. The molecule has 0 aliphatic heterocycles. The van der Waals surface area contributed by atoms with Crippen molar-refractivity contribution in [3.05, 3.63) is 35.9 Å². The van der Waals surface area contributed by atoms with E-state index in [1.807, 2.05) is 18.2 Å². The van der Waals surface area contributed by atoms with Crippen LogP contribution >= 0.6 is 0 Å². The molecule has 1 N–H and O–H groups in total. The molecular formula is C17H23NO2. The first-order valence-corrected chi connectivity index (χ1v) is 7.63. The lowest BCUT2D eigenvalue weighted by Crippen LogP contribution is -2.35. The summed E-state index contributed by atoms with van der Waals surface area (Å²) in [6, 6.07) is 9.12. The number of rotatable bonds is 4. The van der Waals surface area contributed by atoms with Gasteiger partial charge in [0.1, 0.15) is 0 Å². The fourth-order valence-electron chi connectivity index (χ4n) is 2.76. The Morgan fingerprint density at radius 2 is 1.55 bits per heavy atom. The highest BCUT2D eigenvalue weighted by Crippen LogP contribution is 2.22. The number of amides is 1. The number of hydrogen-bond donors (Lipinski definition) is 1. The fourth-order valence-corrected chi connectivity index (χ4v) is 2.76. The zero-order valence-electron chi connectivity index (χ0n) is 11.9. The summed E-state index contributed by atoms with van der Waals surface area (Å²) >= 11 is 0. The first-order valence-electron chi connectivity index (χ1n) is 7.63. The number of carbonyl (C=O) groups is 2. The molecule has 0 atom stereocenters. The maximum absolute atomic E-state index is 12.1. The third-order valence-corrected chi connectivity index (χ3v) is 3.99. The van der Waals surface area contributed by atoms with Gasteiger partial charge in [0.25, 0.3) is 0 Å². The van der Waals surface area contributed by atoms with E-state index >= 15 is 0 Å². The summed E-state index contributed by atoms with van der Waals surface area (Å²) < 4.78 is 0. The van der Waals surface area contributed by atoms with E-state index in [4.69, 9.17) is 0 Å². The average molecular weight is 273 g/mol. The Balaban J connectivity index is 1.80. The molecule has 1 aromatic carbocycles. The molecule has 0 bridgehead atoms. The molecule has 0 aromatic heterocycles. The molecule has 0 spiro atoms. The van der Waals surface area contributed by atoms with E-state index < -0.39 is 0 Å². The molecule has 1 aliphatic rings. The predicted octanol–water partition coefficient (Wildman–Crippen LogP) is 3.35. The van der Waals surface area contributed by atoms with E-state index in [2.05, 4.69) is 5.32 Å². The summed E-state index contributed by atoms with van der Waals surface area (Å²) in [5.74, 6) is 0.125. The molecular weight excluding hydrogens is 250 g/mol. The minimum absolute atomic E-state index is 0.0233. The van der Waals surface area contributed by atoms with Gasteiger partial charge in [0.05, 0.1) is 6.54 Å². The van der Waals surface area contributed by atoms with Crippen LogP contribution in [-0.4, -0.2) is 18.2 Å².